The third kappa shape index (κ3) is 8.55. The van der Waals surface area contributed by atoms with Crippen LogP contribution >= 0.6 is 15.9 Å². The molecule has 2 unspecified atom stereocenters. The molecule has 10 heteroatoms. The highest BCUT2D eigenvalue weighted by atomic mass is 79.9. The number of likely N-dealkylation sites (tertiary alicyclic amines) is 1. The minimum Gasteiger partial charge on any atom is -0.384 e. The molecule has 4 rings (SSSR count). The van der Waals surface area contributed by atoms with E-state index in [0.29, 0.717) is 24.4 Å². The number of piperidine rings is 1. The summed E-state index contributed by atoms with van der Waals surface area (Å²) in [6.45, 7) is 2.00. The molecule has 0 spiro atoms. The summed E-state index contributed by atoms with van der Waals surface area (Å²) in [6, 6.07) is 14.6. The highest BCUT2D eigenvalue weighted by Crippen LogP contribution is 2.29. The van der Waals surface area contributed by atoms with Crippen LogP contribution in [0.5, 0.6) is 0 Å². The monoisotopic (exact) mass is 623 g/mol. The van der Waals surface area contributed by atoms with Crippen LogP contribution in [-0.2, 0) is 16.0 Å². The van der Waals surface area contributed by atoms with E-state index in [0.717, 1.165) is 73.6 Å². The molecule has 2 aromatic carbocycles. The predicted molar refractivity (Wildman–Crippen MR) is 166 cm³/mol. The molecule has 1 saturated heterocycles. The van der Waals surface area contributed by atoms with E-state index in [4.69, 9.17) is 22.3 Å². The summed E-state index contributed by atoms with van der Waals surface area (Å²) in [4.78, 5) is 29.5. The van der Waals surface area contributed by atoms with Gasteiger partial charge in [-0.15, -0.1) is 0 Å². The number of nitrogens with zero attached hydrogens (tertiary/aromatic N) is 1. The van der Waals surface area contributed by atoms with Crippen molar-refractivity contribution < 1.29 is 9.59 Å². The van der Waals surface area contributed by atoms with Crippen LogP contribution in [0.3, 0.4) is 0 Å². The number of nitrogen functional groups attached to an aromatic ring is 1. The van der Waals surface area contributed by atoms with Gasteiger partial charge in [0.1, 0.15) is 11.9 Å². The first-order valence-electron chi connectivity index (χ1n) is 14.6. The Hall–Kier alpha value is -3.40. The highest BCUT2D eigenvalue weighted by Gasteiger charge is 2.34. The maximum atomic E-state index is 14.0. The van der Waals surface area contributed by atoms with Gasteiger partial charge in [-0.25, -0.2) is 0 Å². The van der Waals surface area contributed by atoms with Gasteiger partial charge >= 0.3 is 0 Å². The van der Waals surface area contributed by atoms with Crippen molar-refractivity contribution in [3.8, 4) is 0 Å². The number of amides is 2. The van der Waals surface area contributed by atoms with Crippen LogP contribution in [-0.4, -0.2) is 54.2 Å². The summed E-state index contributed by atoms with van der Waals surface area (Å²) < 4.78 is 0.886. The summed E-state index contributed by atoms with van der Waals surface area (Å²) in [7, 11) is 0. The Bertz CT molecular complexity index is 1220. The molecule has 2 fully saturated rings. The van der Waals surface area contributed by atoms with E-state index in [-0.39, 0.29) is 29.5 Å². The number of hydrogen-bond acceptors (Lipinski definition) is 4. The third-order valence-electron chi connectivity index (χ3n) is 8.49. The van der Waals surface area contributed by atoms with E-state index in [9.17, 15) is 9.59 Å². The topological polar surface area (TPSA) is 161 Å². The third-order valence-corrected chi connectivity index (χ3v) is 8.99. The van der Waals surface area contributed by atoms with Crippen molar-refractivity contribution in [1.82, 2.24) is 15.5 Å². The van der Waals surface area contributed by atoms with Crippen molar-refractivity contribution >= 4 is 39.5 Å². The van der Waals surface area contributed by atoms with Crippen molar-refractivity contribution in [2.24, 2.45) is 23.3 Å². The zero-order valence-corrected chi connectivity index (χ0v) is 25.1. The minimum atomic E-state index is -0.588. The molecule has 9 nitrogen and oxygen atoms in total. The van der Waals surface area contributed by atoms with Crippen LogP contribution in [0.1, 0.15) is 67.6 Å². The number of benzene rings is 2. The van der Waals surface area contributed by atoms with Crippen LogP contribution in [0.15, 0.2) is 53.0 Å². The van der Waals surface area contributed by atoms with Gasteiger partial charge in [-0.1, -0.05) is 71.6 Å². The minimum absolute atomic E-state index is 0.00331. The van der Waals surface area contributed by atoms with E-state index >= 15 is 0 Å². The van der Waals surface area contributed by atoms with Gasteiger partial charge in [0.2, 0.25) is 11.8 Å². The number of carbonyl (C=O) groups excluding carboxylic acids is 2. The molecule has 0 radical (unpaired) electrons. The average Bonchev–Trinajstić information content (AvgIpc) is 2.98. The molecule has 1 heterocycles. The Balaban J connectivity index is 1.49. The molecular formula is C31H42BrN7O2. The number of hydrogen-bond donors (Lipinski definition) is 6. The zero-order chi connectivity index (χ0) is 29.4. The summed E-state index contributed by atoms with van der Waals surface area (Å²) in [5, 5.41) is 21.7. The van der Waals surface area contributed by atoms with Gasteiger partial charge in [0.25, 0.3) is 0 Å². The second kappa shape index (κ2) is 14.5. The molecule has 8 N–H and O–H groups in total. The molecule has 2 amide bonds. The van der Waals surface area contributed by atoms with E-state index in [1.807, 2.05) is 41.3 Å². The average molecular weight is 625 g/mol. The standard InChI is InChI=1S/C31H42BrN7O2/c32-25-8-4-7-24(18-25)26(17-20-9-11-23(12-10-20)28(33)34)29(40)38-27(22-5-2-1-3-6-22)30(41)37-19-21-13-15-39(16-14-21)31(35)36/h4,7-12,18,21-22,26-27H,1-3,5-6,13-17,19H2,(H3,33,34)(H3,35,36)(H,37,41)(H,38,40). The van der Waals surface area contributed by atoms with Gasteiger partial charge in [-0.2, -0.15) is 0 Å². The summed E-state index contributed by atoms with van der Waals surface area (Å²) in [5.74, 6) is -0.247. The lowest BCUT2D eigenvalue weighted by Crippen LogP contribution is -2.53. The van der Waals surface area contributed by atoms with Gasteiger partial charge in [0.05, 0.1) is 5.92 Å². The SMILES string of the molecule is N=C(N)c1ccc(CC(C(=O)NC(C(=O)NCC2CCN(C(=N)N)CC2)C2CCCCC2)c2cccc(Br)c2)cc1. The Kier molecular flexibility index (Phi) is 10.8. The Morgan fingerprint density at radius 2 is 1.63 bits per heavy atom. The number of amidine groups is 1. The molecule has 0 aromatic heterocycles. The van der Waals surface area contributed by atoms with Crippen molar-refractivity contribution in [3.63, 3.8) is 0 Å². The normalized spacial score (nSPS) is 17.8. The first kappa shape index (κ1) is 30.6. The van der Waals surface area contributed by atoms with Gasteiger partial charge in [-0.05, 0) is 67.2 Å². The molecule has 220 valence electrons. The molecule has 1 saturated carbocycles. The summed E-state index contributed by atoms with van der Waals surface area (Å²) in [6.07, 6.45) is 7.31. The van der Waals surface area contributed by atoms with Crippen molar-refractivity contribution in [2.45, 2.75) is 63.3 Å². The Morgan fingerprint density at radius 1 is 0.951 bits per heavy atom. The maximum Gasteiger partial charge on any atom is 0.242 e. The van der Waals surface area contributed by atoms with Gasteiger partial charge in [0.15, 0.2) is 5.96 Å². The second-order valence-corrected chi connectivity index (χ2v) is 12.3. The molecular weight excluding hydrogens is 582 g/mol. The fraction of sp³-hybridized carbons (Fsp3) is 0.484. The van der Waals surface area contributed by atoms with Crippen molar-refractivity contribution in [1.29, 1.82) is 10.8 Å². The first-order chi connectivity index (χ1) is 19.7. The second-order valence-electron chi connectivity index (χ2n) is 11.4. The van der Waals surface area contributed by atoms with Crippen molar-refractivity contribution in [2.75, 3.05) is 19.6 Å². The van der Waals surface area contributed by atoms with Crippen LogP contribution < -0.4 is 22.1 Å². The highest BCUT2D eigenvalue weighted by molar-refractivity contribution is 9.10. The van der Waals surface area contributed by atoms with Crippen LogP contribution in [0, 0.1) is 22.7 Å². The lowest BCUT2D eigenvalue weighted by Gasteiger charge is -2.34. The smallest absolute Gasteiger partial charge is 0.242 e. The van der Waals surface area contributed by atoms with Crippen LogP contribution in [0.2, 0.25) is 0 Å². The molecule has 0 bridgehead atoms. The largest absolute Gasteiger partial charge is 0.384 e. The predicted octanol–water partition coefficient (Wildman–Crippen LogP) is 3.85. The molecule has 1 aliphatic carbocycles. The number of rotatable bonds is 10. The first-order valence-corrected chi connectivity index (χ1v) is 15.4. The molecule has 41 heavy (non-hydrogen) atoms. The van der Waals surface area contributed by atoms with E-state index in [2.05, 4.69) is 26.6 Å². The summed E-state index contributed by atoms with van der Waals surface area (Å²) >= 11 is 3.54. The van der Waals surface area contributed by atoms with Gasteiger partial charge < -0.3 is 27.0 Å². The zero-order valence-electron chi connectivity index (χ0n) is 23.5. The Labute approximate surface area is 251 Å². The number of nitrogens with one attached hydrogen (secondary N) is 4. The van der Waals surface area contributed by atoms with Crippen LogP contribution in [0.25, 0.3) is 0 Å². The summed E-state index contributed by atoms with van der Waals surface area (Å²) in [5.41, 5.74) is 13.7. The Morgan fingerprint density at radius 3 is 2.24 bits per heavy atom. The quantitative estimate of drug-likeness (QED) is 0.175. The lowest BCUT2D eigenvalue weighted by molar-refractivity contribution is -0.131. The van der Waals surface area contributed by atoms with E-state index in [1.54, 1.807) is 12.1 Å². The van der Waals surface area contributed by atoms with Crippen molar-refractivity contribution in [3.05, 3.63) is 69.7 Å². The van der Waals surface area contributed by atoms with Gasteiger partial charge in [-0.3, -0.25) is 20.4 Å². The molecule has 2 aromatic rings. The van der Waals surface area contributed by atoms with Crippen LogP contribution in [0.4, 0.5) is 0 Å². The number of guanidine groups is 1. The number of halogens is 1. The molecule has 2 atom stereocenters. The molecule has 2 aliphatic rings. The number of carbonyl (C=O) groups is 2. The maximum absolute atomic E-state index is 14.0. The fourth-order valence-electron chi connectivity index (χ4n) is 5.99. The van der Waals surface area contributed by atoms with E-state index < -0.39 is 12.0 Å². The van der Waals surface area contributed by atoms with Gasteiger partial charge in [0, 0.05) is 29.7 Å². The fourth-order valence-corrected chi connectivity index (χ4v) is 6.41. The van der Waals surface area contributed by atoms with E-state index in [1.165, 1.54) is 0 Å². The molecule has 1 aliphatic heterocycles. The number of nitrogens with two attached hydrogens (primary N) is 2. The lowest BCUT2D eigenvalue weighted by atomic mass is 9.82.